The Morgan fingerprint density at radius 1 is 1.06 bits per heavy atom. The average Bonchev–Trinajstić information content (AvgIpc) is 2.14. The molecule has 0 spiro atoms. The summed E-state index contributed by atoms with van der Waals surface area (Å²) in [5.41, 5.74) is -0.365. The molecular weight excluding hydrogens is 229 g/mol. The Kier molecular flexibility index (Phi) is 3.65. The van der Waals surface area contributed by atoms with E-state index in [0.29, 0.717) is 6.42 Å². The van der Waals surface area contributed by atoms with Crippen molar-refractivity contribution in [1.82, 2.24) is 0 Å². The molecule has 1 nitrogen and oxygen atoms in total. The van der Waals surface area contributed by atoms with Crippen LogP contribution in [0.4, 0.5) is 13.2 Å². The third-order valence-corrected chi connectivity index (χ3v) is 2.68. The summed E-state index contributed by atoms with van der Waals surface area (Å²) in [7, 11) is 0. The Morgan fingerprint density at radius 2 is 1.47 bits per heavy atom. The van der Waals surface area contributed by atoms with Gasteiger partial charge in [-0.25, -0.2) is 0 Å². The maximum absolute atomic E-state index is 12.4. The lowest BCUT2D eigenvalue weighted by Crippen LogP contribution is -2.20. The van der Waals surface area contributed by atoms with Gasteiger partial charge in [-0.2, -0.15) is 13.2 Å². The molecular formula is C13H15F3O. The van der Waals surface area contributed by atoms with Gasteiger partial charge in [0.15, 0.2) is 0 Å². The Hall–Kier alpha value is -1.32. The number of alkyl halides is 3. The summed E-state index contributed by atoms with van der Waals surface area (Å²) in [4.78, 5) is 11.1. The number of hydrogen-bond donors (Lipinski definition) is 0. The van der Waals surface area contributed by atoms with E-state index in [9.17, 15) is 18.0 Å². The maximum Gasteiger partial charge on any atom is 0.416 e. The van der Waals surface area contributed by atoms with E-state index in [1.54, 1.807) is 0 Å². The van der Waals surface area contributed by atoms with E-state index in [1.165, 1.54) is 19.1 Å². The van der Waals surface area contributed by atoms with Crippen LogP contribution in [-0.2, 0) is 16.4 Å². The lowest BCUT2D eigenvalue weighted by atomic mass is 9.80. The van der Waals surface area contributed by atoms with E-state index in [2.05, 4.69) is 0 Å². The van der Waals surface area contributed by atoms with E-state index in [1.807, 2.05) is 13.8 Å². The molecule has 0 heterocycles. The lowest BCUT2D eigenvalue weighted by Gasteiger charge is -2.24. The summed E-state index contributed by atoms with van der Waals surface area (Å²) in [6.07, 6.45) is -4.00. The van der Waals surface area contributed by atoms with Gasteiger partial charge < -0.3 is 0 Å². The van der Waals surface area contributed by atoms with Crippen molar-refractivity contribution in [3.8, 4) is 0 Å². The minimum absolute atomic E-state index is 0.0231. The number of benzene rings is 1. The highest BCUT2D eigenvalue weighted by atomic mass is 19.4. The number of carbonyl (C=O) groups excluding carboxylic acids is 1. The first-order valence-corrected chi connectivity index (χ1v) is 5.30. The second-order valence-corrected chi connectivity index (χ2v) is 4.84. The highest BCUT2D eigenvalue weighted by molar-refractivity contribution is 5.77. The summed E-state index contributed by atoms with van der Waals surface area (Å²) < 4.78 is 37.1. The number of halogens is 3. The molecule has 0 N–H and O–H groups in total. The predicted octanol–water partition coefficient (Wildman–Crippen LogP) is 3.96. The fraction of sp³-hybridized carbons (Fsp3) is 0.462. The molecule has 0 saturated carbocycles. The van der Waals surface area contributed by atoms with Gasteiger partial charge in [-0.3, -0.25) is 4.79 Å². The normalized spacial score (nSPS) is 12.6. The van der Waals surface area contributed by atoms with Gasteiger partial charge in [-0.15, -0.1) is 0 Å². The van der Waals surface area contributed by atoms with Gasteiger partial charge in [0.05, 0.1) is 5.56 Å². The Labute approximate surface area is 98.6 Å². The minimum atomic E-state index is -4.32. The van der Waals surface area contributed by atoms with Crippen LogP contribution in [0.15, 0.2) is 24.3 Å². The van der Waals surface area contributed by atoms with Crippen molar-refractivity contribution in [3.05, 3.63) is 35.4 Å². The molecule has 0 fully saturated rings. The monoisotopic (exact) mass is 244 g/mol. The maximum atomic E-state index is 12.4. The number of Topliss-reactive ketones (excluding diaryl/α,β-unsaturated/α-hetero) is 1. The molecule has 17 heavy (non-hydrogen) atoms. The number of carbonyl (C=O) groups is 1. The Bertz CT molecular complexity index is 402. The molecule has 0 radical (unpaired) electrons. The van der Waals surface area contributed by atoms with Crippen molar-refractivity contribution in [2.45, 2.75) is 38.8 Å². The molecule has 0 aliphatic carbocycles. The molecule has 4 heteroatoms. The van der Waals surface area contributed by atoms with Gasteiger partial charge in [0, 0.05) is 6.42 Å². The third-order valence-electron chi connectivity index (χ3n) is 2.68. The van der Waals surface area contributed by atoms with Crippen molar-refractivity contribution < 1.29 is 18.0 Å². The molecule has 0 aliphatic rings. The second-order valence-electron chi connectivity index (χ2n) is 4.84. The smallest absolute Gasteiger partial charge is 0.300 e. The van der Waals surface area contributed by atoms with E-state index in [4.69, 9.17) is 0 Å². The molecule has 0 aromatic heterocycles. The van der Waals surface area contributed by atoms with Crippen molar-refractivity contribution in [1.29, 1.82) is 0 Å². The Balaban J connectivity index is 2.98. The van der Waals surface area contributed by atoms with E-state index >= 15 is 0 Å². The summed E-state index contributed by atoms with van der Waals surface area (Å²) >= 11 is 0. The molecule has 1 rings (SSSR count). The molecule has 0 unspecified atom stereocenters. The number of ketones is 1. The molecule has 0 saturated heterocycles. The van der Waals surface area contributed by atoms with Crippen LogP contribution in [0.3, 0.4) is 0 Å². The fourth-order valence-electron chi connectivity index (χ4n) is 1.83. The average molecular weight is 244 g/mol. The zero-order chi connectivity index (χ0) is 13.3. The minimum Gasteiger partial charge on any atom is -0.300 e. The molecule has 94 valence electrons. The SMILES string of the molecule is CC(=O)CC(C)(C)c1ccc(C(F)(F)F)cc1. The van der Waals surface area contributed by atoms with Gasteiger partial charge in [0.2, 0.25) is 0 Å². The van der Waals surface area contributed by atoms with Gasteiger partial charge in [0.25, 0.3) is 0 Å². The summed E-state index contributed by atoms with van der Waals surface area (Å²) in [6.45, 7) is 5.17. The highest BCUT2D eigenvalue weighted by Gasteiger charge is 2.31. The predicted molar refractivity (Wildman–Crippen MR) is 59.8 cm³/mol. The molecule has 0 bridgehead atoms. The van der Waals surface area contributed by atoms with Crippen LogP contribution >= 0.6 is 0 Å². The summed E-state index contributed by atoms with van der Waals surface area (Å²) in [6, 6.07) is 4.98. The van der Waals surface area contributed by atoms with Crippen molar-refractivity contribution >= 4 is 5.78 Å². The second kappa shape index (κ2) is 4.51. The Morgan fingerprint density at radius 3 is 1.82 bits per heavy atom. The van der Waals surface area contributed by atoms with Gasteiger partial charge in [-0.05, 0) is 30.0 Å². The zero-order valence-corrected chi connectivity index (χ0v) is 10.1. The summed E-state index contributed by atoms with van der Waals surface area (Å²) in [5.74, 6) is 0.0231. The van der Waals surface area contributed by atoms with Crippen LogP contribution < -0.4 is 0 Å². The first kappa shape index (κ1) is 13.7. The zero-order valence-electron chi connectivity index (χ0n) is 10.1. The first-order chi connectivity index (χ1) is 7.63. The van der Waals surface area contributed by atoms with Crippen LogP contribution in [-0.4, -0.2) is 5.78 Å². The quantitative estimate of drug-likeness (QED) is 0.786. The van der Waals surface area contributed by atoms with Crippen LogP contribution in [0.5, 0.6) is 0 Å². The van der Waals surface area contributed by atoms with E-state index in [0.717, 1.165) is 17.7 Å². The van der Waals surface area contributed by atoms with E-state index < -0.39 is 17.2 Å². The van der Waals surface area contributed by atoms with Gasteiger partial charge in [-0.1, -0.05) is 26.0 Å². The number of hydrogen-bond acceptors (Lipinski definition) is 1. The van der Waals surface area contributed by atoms with Crippen molar-refractivity contribution in [2.24, 2.45) is 0 Å². The van der Waals surface area contributed by atoms with Gasteiger partial charge >= 0.3 is 6.18 Å². The third kappa shape index (κ3) is 3.58. The van der Waals surface area contributed by atoms with E-state index in [-0.39, 0.29) is 5.78 Å². The van der Waals surface area contributed by atoms with Crippen molar-refractivity contribution in [3.63, 3.8) is 0 Å². The van der Waals surface area contributed by atoms with Crippen LogP contribution in [0.2, 0.25) is 0 Å². The molecule has 0 amide bonds. The molecule has 0 aliphatic heterocycles. The topological polar surface area (TPSA) is 17.1 Å². The largest absolute Gasteiger partial charge is 0.416 e. The van der Waals surface area contributed by atoms with Gasteiger partial charge in [0.1, 0.15) is 5.78 Å². The summed E-state index contributed by atoms with van der Waals surface area (Å²) in [5, 5.41) is 0. The standard InChI is InChI=1S/C13H15F3O/c1-9(17)8-12(2,3)10-4-6-11(7-5-10)13(14,15)16/h4-7H,8H2,1-3H3. The van der Waals surface area contributed by atoms with Crippen molar-refractivity contribution in [2.75, 3.05) is 0 Å². The first-order valence-electron chi connectivity index (χ1n) is 5.30. The highest BCUT2D eigenvalue weighted by Crippen LogP contribution is 2.32. The molecule has 0 atom stereocenters. The molecule has 1 aromatic carbocycles. The van der Waals surface area contributed by atoms with Crippen LogP contribution in [0.1, 0.15) is 38.3 Å². The fourth-order valence-corrected chi connectivity index (χ4v) is 1.83. The lowest BCUT2D eigenvalue weighted by molar-refractivity contribution is -0.137. The molecule has 1 aromatic rings. The van der Waals surface area contributed by atoms with Crippen LogP contribution in [0.25, 0.3) is 0 Å². The van der Waals surface area contributed by atoms with Crippen LogP contribution in [0, 0.1) is 0 Å². The number of rotatable bonds is 3.